The van der Waals surface area contributed by atoms with Crippen LogP contribution < -0.4 is 0 Å². The second-order valence-corrected chi connectivity index (χ2v) is 8.93. The van der Waals surface area contributed by atoms with Gasteiger partial charge < -0.3 is 4.90 Å². The van der Waals surface area contributed by atoms with Crippen molar-refractivity contribution in [2.24, 2.45) is 0 Å². The lowest BCUT2D eigenvalue weighted by Gasteiger charge is -2.26. The summed E-state index contributed by atoms with van der Waals surface area (Å²) in [5, 5.41) is 0. The molecule has 0 radical (unpaired) electrons. The van der Waals surface area contributed by atoms with Crippen LogP contribution in [0.1, 0.15) is 39.9 Å². The zero-order valence-electron chi connectivity index (χ0n) is 11.6. The van der Waals surface area contributed by atoms with E-state index in [2.05, 4.69) is 0 Å². The topological polar surface area (TPSA) is 54.5 Å². The maximum absolute atomic E-state index is 12.6. The number of amides is 1. The molecule has 0 N–H and O–H groups in total. The van der Waals surface area contributed by atoms with Gasteiger partial charge in [0.25, 0.3) is 5.91 Å². The van der Waals surface area contributed by atoms with Crippen molar-refractivity contribution < 1.29 is 13.2 Å². The van der Waals surface area contributed by atoms with E-state index in [1.165, 1.54) is 16.9 Å². The van der Waals surface area contributed by atoms with Crippen LogP contribution in [0.25, 0.3) is 0 Å². The molecule has 1 atom stereocenters. The lowest BCUT2D eigenvalue weighted by molar-refractivity contribution is 0.0713. The van der Waals surface area contributed by atoms with Gasteiger partial charge in [-0.3, -0.25) is 4.79 Å². The van der Waals surface area contributed by atoms with Crippen molar-refractivity contribution in [1.82, 2.24) is 4.90 Å². The first-order valence-corrected chi connectivity index (χ1v) is 9.77. The fourth-order valence-electron chi connectivity index (χ4n) is 3.16. The van der Waals surface area contributed by atoms with Gasteiger partial charge in [-0.15, -0.1) is 11.3 Å². The van der Waals surface area contributed by atoms with E-state index in [-0.39, 0.29) is 23.5 Å². The molecule has 20 heavy (non-hydrogen) atoms. The van der Waals surface area contributed by atoms with Gasteiger partial charge in [0, 0.05) is 17.5 Å². The molecule has 0 aromatic carbocycles. The number of sulfone groups is 1. The van der Waals surface area contributed by atoms with Crippen LogP contribution >= 0.6 is 11.3 Å². The minimum absolute atomic E-state index is 0.00833. The standard InChI is InChI=1S/C14H19NO3S2/c1-2-15(11-6-7-20(17,18)9-11)14(16)13-8-10-4-3-5-12(10)19-13/h8,11H,2-7,9H2,1H3. The molecule has 6 heteroatoms. The summed E-state index contributed by atoms with van der Waals surface area (Å²) in [6.45, 7) is 2.49. The molecule has 2 heterocycles. The third-order valence-electron chi connectivity index (χ3n) is 4.21. The minimum atomic E-state index is -2.95. The highest BCUT2D eigenvalue weighted by Gasteiger charge is 2.35. The van der Waals surface area contributed by atoms with Crippen LogP contribution in [0.5, 0.6) is 0 Å². The molecule has 2 aliphatic rings. The summed E-state index contributed by atoms with van der Waals surface area (Å²) in [5.41, 5.74) is 1.31. The average molecular weight is 313 g/mol. The van der Waals surface area contributed by atoms with Gasteiger partial charge in [-0.05, 0) is 44.2 Å². The van der Waals surface area contributed by atoms with Crippen molar-refractivity contribution in [1.29, 1.82) is 0 Å². The zero-order chi connectivity index (χ0) is 14.3. The predicted octanol–water partition coefficient (Wildman–Crippen LogP) is 1.89. The highest BCUT2D eigenvalue weighted by atomic mass is 32.2. The summed E-state index contributed by atoms with van der Waals surface area (Å²) in [5.74, 6) is 0.342. The highest BCUT2D eigenvalue weighted by molar-refractivity contribution is 7.91. The van der Waals surface area contributed by atoms with Crippen LogP contribution in [0.2, 0.25) is 0 Å². The molecule has 0 bridgehead atoms. The van der Waals surface area contributed by atoms with Crippen LogP contribution in [0.3, 0.4) is 0 Å². The van der Waals surface area contributed by atoms with Crippen molar-refractivity contribution in [2.45, 2.75) is 38.6 Å². The number of nitrogens with zero attached hydrogens (tertiary/aromatic N) is 1. The molecule has 1 fully saturated rings. The quantitative estimate of drug-likeness (QED) is 0.856. The summed E-state index contributed by atoms with van der Waals surface area (Å²) in [6.07, 6.45) is 3.92. The van der Waals surface area contributed by atoms with Gasteiger partial charge in [0.15, 0.2) is 9.84 Å². The SMILES string of the molecule is CCN(C(=O)c1cc2c(s1)CCC2)C1CCS(=O)(=O)C1. The van der Waals surface area contributed by atoms with E-state index >= 15 is 0 Å². The van der Waals surface area contributed by atoms with Crippen molar-refractivity contribution in [3.05, 3.63) is 21.4 Å². The van der Waals surface area contributed by atoms with Crippen LogP contribution in [-0.4, -0.2) is 43.3 Å². The van der Waals surface area contributed by atoms with Crippen LogP contribution in [-0.2, 0) is 22.7 Å². The van der Waals surface area contributed by atoms with Gasteiger partial charge >= 0.3 is 0 Å². The molecule has 1 amide bonds. The Morgan fingerprint density at radius 2 is 2.25 bits per heavy atom. The third kappa shape index (κ3) is 2.51. The Balaban J connectivity index is 1.80. The number of hydrogen-bond acceptors (Lipinski definition) is 4. The molecule has 1 aliphatic carbocycles. The molecule has 1 aliphatic heterocycles. The summed E-state index contributed by atoms with van der Waals surface area (Å²) >= 11 is 1.59. The molecule has 4 nitrogen and oxygen atoms in total. The molecular weight excluding hydrogens is 294 g/mol. The second-order valence-electron chi connectivity index (χ2n) is 5.56. The Bertz CT molecular complexity index is 611. The molecule has 110 valence electrons. The Labute approximate surface area is 123 Å². The van der Waals surface area contributed by atoms with Crippen LogP contribution in [0.15, 0.2) is 6.07 Å². The maximum Gasteiger partial charge on any atom is 0.264 e. The van der Waals surface area contributed by atoms with Crippen LogP contribution in [0.4, 0.5) is 0 Å². The second kappa shape index (κ2) is 5.15. The Morgan fingerprint density at radius 1 is 1.45 bits per heavy atom. The van der Waals surface area contributed by atoms with Gasteiger partial charge in [0.2, 0.25) is 0 Å². The van der Waals surface area contributed by atoms with E-state index < -0.39 is 9.84 Å². The van der Waals surface area contributed by atoms with Crippen molar-refractivity contribution in [2.75, 3.05) is 18.1 Å². The monoisotopic (exact) mass is 313 g/mol. The van der Waals surface area contributed by atoms with Crippen LogP contribution in [0, 0.1) is 0 Å². The molecule has 3 rings (SSSR count). The minimum Gasteiger partial charge on any atom is -0.334 e. The zero-order valence-corrected chi connectivity index (χ0v) is 13.2. The first-order valence-electron chi connectivity index (χ1n) is 7.13. The van der Waals surface area contributed by atoms with Crippen molar-refractivity contribution in [3.63, 3.8) is 0 Å². The summed E-state index contributed by atoms with van der Waals surface area (Å²) in [4.78, 5) is 16.5. The highest BCUT2D eigenvalue weighted by Crippen LogP contribution is 2.32. The van der Waals surface area contributed by atoms with Crippen molar-refractivity contribution in [3.8, 4) is 0 Å². The maximum atomic E-state index is 12.6. The molecule has 0 saturated carbocycles. The lowest BCUT2D eigenvalue weighted by Crippen LogP contribution is -2.40. The Morgan fingerprint density at radius 3 is 2.85 bits per heavy atom. The first kappa shape index (κ1) is 14.1. The van der Waals surface area contributed by atoms with Gasteiger partial charge in [-0.25, -0.2) is 8.42 Å². The number of thiophene rings is 1. The van der Waals surface area contributed by atoms with Gasteiger partial charge in [0.05, 0.1) is 16.4 Å². The number of fused-ring (bicyclic) bond motifs is 1. The normalized spacial score (nSPS) is 23.8. The lowest BCUT2D eigenvalue weighted by atomic mass is 10.2. The van der Waals surface area contributed by atoms with Gasteiger partial charge in [0.1, 0.15) is 0 Å². The first-order chi connectivity index (χ1) is 9.50. The number of carbonyl (C=O) groups is 1. The van der Waals surface area contributed by atoms with E-state index in [9.17, 15) is 13.2 Å². The molecule has 0 spiro atoms. The number of carbonyl (C=O) groups excluding carboxylic acids is 1. The molecule has 1 unspecified atom stereocenters. The average Bonchev–Trinajstić information content (AvgIpc) is 3.03. The predicted molar refractivity (Wildman–Crippen MR) is 80.1 cm³/mol. The van der Waals surface area contributed by atoms with E-state index in [4.69, 9.17) is 0 Å². The third-order valence-corrected chi connectivity index (χ3v) is 7.18. The van der Waals surface area contributed by atoms with E-state index in [0.717, 1.165) is 17.7 Å². The Kier molecular flexibility index (Phi) is 3.62. The van der Waals surface area contributed by atoms with Gasteiger partial charge in [-0.1, -0.05) is 0 Å². The van der Waals surface area contributed by atoms with E-state index in [1.54, 1.807) is 16.2 Å². The smallest absolute Gasteiger partial charge is 0.264 e. The molecule has 1 aromatic heterocycles. The van der Waals surface area contributed by atoms with Crippen molar-refractivity contribution >= 4 is 27.1 Å². The molecule has 1 saturated heterocycles. The van der Waals surface area contributed by atoms with E-state index in [1.807, 2.05) is 13.0 Å². The number of rotatable bonds is 3. The summed E-state index contributed by atoms with van der Waals surface area (Å²) in [7, 11) is -2.95. The van der Waals surface area contributed by atoms with E-state index in [0.29, 0.717) is 13.0 Å². The Hall–Kier alpha value is -0.880. The number of aryl methyl sites for hydroxylation is 2. The fraction of sp³-hybridized carbons (Fsp3) is 0.643. The number of hydrogen-bond donors (Lipinski definition) is 0. The summed E-state index contributed by atoms with van der Waals surface area (Å²) < 4.78 is 23.2. The summed E-state index contributed by atoms with van der Waals surface area (Å²) in [6, 6.07) is 1.87. The fourth-order valence-corrected chi connectivity index (χ4v) is 6.11. The molecular formula is C14H19NO3S2. The largest absolute Gasteiger partial charge is 0.334 e. The van der Waals surface area contributed by atoms with Gasteiger partial charge in [-0.2, -0.15) is 0 Å². The molecule has 1 aromatic rings.